The first-order valence-corrected chi connectivity index (χ1v) is 9.83. The summed E-state index contributed by atoms with van der Waals surface area (Å²) in [5, 5.41) is 2.99. The molecule has 9 heteroatoms. The molecule has 1 N–H and O–H groups in total. The zero-order valence-electron chi connectivity index (χ0n) is 15.0. The highest BCUT2D eigenvalue weighted by Gasteiger charge is 2.27. The molecule has 28 heavy (non-hydrogen) atoms. The molecule has 144 valence electrons. The van der Waals surface area contributed by atoms with Crippen molar-refractivity contribution in [2.24, 2.45) is 0 Å². The Bertz CT molecular complexity index is 1260. The fraction of sp³-hybridized carbons (Fsp3) is 0.316. The van der Waals surface area contributed by atoms with Crippen LogP contribution in [0.1, 0.15) is 18.2 Å². The predicted octanol–water partition coefficient (Wildman–Crippen LogP) is 3.09. The van der Waals surface area contributed by atoms with Crippen LogP contribution in [0.25, 0.3) is 26.3 Å². The van der Waals surface area contributed by atoms with Gasteiger partial charge in [0, 0.05) is 29.4 Å². The van der Waals surface area contributed by atoms with Crippen LogP contribution in [0.3, 0.4) is 0 Å². The summed E-state index contributed by atoms with van der Waals surface area (Å²) < 4.78 is 32.2. The molecule has 0 saturated carbocycles. The Morgan fingerprint density at radius 1 is 1.32 bits per heavy atom. The van der Waals surface area contributed by atoms with E-state index in [-0.39, 0.29) is 17.8 Å². The smallest absolute Gasteiger partial charge is 0.271 e. The fourth-order valence-corrected chi connectivity index (χ4v) is 4.77. The molecule has 0 aliphatic carbocycles. The van der Waals surface area contributed by atoms with Crippen molar-refractivity contribution in [3.63, 3.8) is 0 Å². The minimum atomic E-state index is -1.13. The minimum Gasteiger partial charge on any atom is -0.314 e. The Kier molecular flexibility index (Phi) is 4.02. The lowest BCUT2D eigenvalue weighted by molar-refractivity contribution is 0.180. The van der Waals surface area contributed by atoms with E-state index in [0.29, 0.717) is 28.7 Å². The van der Waals surface area contributed by atoms with Crippen molar-refractivity contribution in [3.05, 3.63) is 52.7 Å². The topological polar surface area (TPSA) is 64.2 Å². The Labute approximate surface area is 162 Å². The maximum Gasteiger partial charge on any atom is 0.271 e. The van der Waals surface area contributed by atoms with E-state index in [9.17, 15) is 13.6 Å². The number of aryl methyl sites for hydroxylation is 1. The number of hydrogen-bond acceptors (Lipinski definition) is 5. The van der Waals surface area contributed by atoms with Gasteiger partial charge >= 0.3 is 0 Å². The lowest BCUT2D eigenvalue weighted by Crippen LogP contribution is -2.42. The molecular formula is C19H17F2N5OS. The third-order valence-corrected chi connectivity index (χ3v) is 6.27. The Hall–Kier alpha value is -2.65. The van der Waals surface area contributed by atoms with E-state index in [1.165, 1.54) is 28.3 Å². The van der Waals surface area contributed by atoms with E-state index >= 15 is 0 Å². The van der Waals surface area contributed by atoms with Gasteiger partial charge < -0.3 is 9.72 Å². The Morgan fingerprint density at radius 2 is 2.18 bits per heavy atom. The molecule has 0 amide bonds. The van der Waals surface area contributed by atoms with Gasteiger partial charge in [-0.3, -0.25) is 9.36 Å². The number of thiophene rings is 1. The zero-order chi connectivity index (χ0) is 19.4. The summed E-state index contributed by atoms with van der Waals surface area (Å²) in [6, 6.07) is 2.67. The normalized spacial score (nSPS) is 20.2. The van der Waals surface area contributed by atoms with Gasteiger partial charge in [-0.05, 0) is 32.0 Å². The fourth-order valence-electron chi connectivity index (χ4n) is 3.74. The van der Waals surface area contributed by atoms with Gasteiger partial charge in [-0.25, -0.2) is 18.7 Å². The van der Waals surface area contributed by atoms with Crippen LogP contribution in [0.15, 0.2) is 35.6 Å². The number of nitrogens with one attached hydrogen (secondary N) is 1. The summed E-state index contributed by atoms with van der Waals surface area (Å²) in [6.07, 6.45) is 4.36. The van der Waals surface area contributed by atoms with E-state index in [0.717, 1.165) is 10.6 Å². The molecule has 0 bridgehead atoms. The summed E-state index contributed by atoms with van der Waals surface area (Å²) in [4.78, 5) is 22.2. The second kappa shape index (κ2) is 6.46. The maximum absolute atomic E-state index is 14.4. The molecule has 0 unspecified atom stereocenters. The summed E-state index contributed by atoms with van der Waals surface area (Å²) >= 11 is 1.25. The second-order valence-corrected chi connectivity index (χ2v) is 8.10. The SMILES string of the molecule is Cc1cn2cc(-c3cc4ncn([C@H]5CCNC[C@H]5F)c(=O)c4s3)cc(F)c2n1. The summed E-state index contributed by atoms with van der Waals surface area (Å²) in [6.45, 7) is 2.69. The molecule has 0 radical (unpaired) electrons. The standard InChI is InChI=1S/C19H17F2N5OS/c1-10-7-25-8-11(4-12(20)18(25)24-10)16-5-14-17(28-16)19(27)26(9-23-14)15-2-3-22-6-13(15)21/h4-5,7-9,13,15,22H,2-3,6H2,1H3/t13-,15+/m1/s1. The third-order valence-electron chi connectivity index (χ3n) is 5.10. The third kappa shape index (κ3) is 2.73. The van der Waals surface area contributed by atoms with Crippen LogP contribution < -0.4 is 10.9 Å². The van der Waals surface area contributed by atoms with Gasteiger partial charge in [-0.15, -0.1) is 11.3 Å². The van der Waals surface area contributed by atoms with Crippen molar-refractivity contribution < 1.29 is 8.78 Å². The molecule has 4 aromatic rings. The van der Waals surface area contributed by atoms with Crippen LogP contribution in [0, 0.1) is 12.7 Å². The van der Waals surface area contributed by atoms with Crippen LogP contribution >= 0.6 is 11.3 Å². The predicted molar refractivity (Wildman–Crippen MR) is 104 cm³/mol. The molecule has 2 atom stereocenters. The number of piperidine rings is 1. The molecule has 0 spiro atoms. The van der Waals surface area contributed by atoms with E-state index in [4.69, 9.17) is 0 Å². The molecule has 5 heterocycles. The van der Waals surface area contributed by atoms with E-state index < -0.39 is 18.0 Å². The molecule has 0 aromatic carbocycles. The number of hydrogen-bond donors (Lipinski definition) is 1. The van der Waals surface area contributed by atoms with Gasteiger partial charge in [-0.2, -0.15) is 0 Å². The number of alkyl halides is 1. The summed E-state index contributed by atoms with van der Waals surface area (Å²) in [5.41, 5.74) is 1.91. The lowest BCUT2D eigenvalue weighted by atomic mass is 10.0. The van der Waals surface area contributed by atoms with Crippen molar-refractivity contribution >= 4 is 27.2 Å². The minimum absolute atomic E-state index is 0.231. The van der Waals surface area contributed by atoms with E-state index in [2.05, 4.69) is 15.3 Å². The second-order valence-electron chi connectivity index (χ2n) is 7.05. The van der Waals surface area contributed by atoms with E-state index in [1.807, 2.05) is 0 Å². The van der Waals surface area contributed by atoms with Gasteiger partial charge in [0.1, 0.15) is 10.9 Å². The number of pyridine rings is 1. The highest BCUT2D eigenvalue weighted by molar-refractivity contribution is 7.22. The van der Waals surface area contributed by atoms with Crippen LogP contribution in [0.5, 0.6) is 0 Å². The monoisotopic (exact) mass is 401 g/mol. The van der Waals surface area contributed by atoms with Crippen molar-refractivity contribution in [1.82, 2.24) is 24.3 Å². The maximum atomic E-state index is 14.4. The van der Waals surface area contributed by atoms with Crippen LogP contribution in [0.4, 0.5) is 8.78 Å². The van der Waals surface area contributed by atoms with Gasteiger partial charge in [0.25, 0.3) is 5.56 Å². The molecule has 1 saturated heterocycles. The molecular weight excluding hydrogens is 384 g/mol. The molecule has 1 aliphatic heterocycles. The highest BCUT2D eigenvalue weighted by Crippen LogP contribution is 2.32. The largest absolute Gasteiger partial charge is 0.314 e. The molecule has 4 aromatic heterocycles. The quantitative estimate of drug-likeness (QED) is 0.561. The lowest BCUT2D eigenvalue weighted by Gasteiger charge is -2.27. The average molecular weight is 401 g/mol. The van der Waals surface area contributed by atoms with E-state index in [1.54, 1.807) is 29.8 Å². The van der Waals surface area contributed by atoms with Crippen LogP contribution in [-0.4, -0.2) is 38.2 Å². The van der Waals surface area contributed by atoms with Crippen molar-refractivity contribution in [1.29, 1.82) is 0 Å². The molecule has 1 fully saturated rings. The van der Waals surface area contributed by atoms with Crippen molar-refractivity contribution in [3.8, 4) is 10.4 Å². The Balaban J connectivity index is 1.62. The first-order valence-electron chi connectivity index (χ1n) is 9.02. The number of aromatic nitrogens is 4. The first kappa shape index (κ1) is 17.4. The zero-order valence-corrected chi connectivity index (χ0v) is 15.8. The van der Waals surface area contributed by atoms with Gasteiger partial charge in [0.15, 0.2) is 11.5 Å². The number of imidazole rings is 1. The van der Waals surface area contributed by atoms with Gasteiger partial charge in [0.2, 0.25) is 0 Å². The summed E-state index contributed by atoms with van der Waals surface area (Å²) in [5.74, 6) is -0.427. The van der Waals surface area contributed by atoms with Crippen molar-refractivity contribution in [2.75, 3.05) is 13.1 Å². The van der Waals surface area contributed by atoms with Crippen LogP contribution in [0.2, 0.25) is 0 Å². The van der Waals surface area contributed by atoms with Gasteiger partial charge in [0.05, 0.1) is 23.6 Å². The Morgan fingerprint density at radius 3 is 3.00 bits per heavy atom. The number of rotatable bonds is 2. The van der Waals surface area contributed by atoms with Gasteiger partial charge in [-0.1, -0.05) is 0 Å². The molecule has 1 aliphatic rings. The molecule has 6 nitrogen and oxygen atoms in total. The number of fused-ring (bicyclic) bond motifs is 2. The van der Waals surface area contributed by atoms with Crippen LogP contribution in [-0.2, 0) is 0 Å². The average Bonchev–Trinajstić information content (AvgIpc) is 3.27. The number of nitrogens with zero attached hydrogens (tertiary/aromatic N) is 4. The number of halogens is 2. The molecule has 5 rings (SSSR count). The highest BCUT2D eigenvalue weighted by atomic mass is 32.1. The van der Waals surface area contributed by atoms with Crippen molar-refractivity contribution in [2.45, 2.75) is 25.6 Å². The first-order chi connectivity index (χ1) is 13.5. The summed E-state index contributed by atoms with van der Waals surface area (Å²) in [7, 11) is 0.